The molecule has 0 N–H and O–H groups in total. The van der Waals surface area contributed by atoms with E-state index in [0.29, 0.717) is 6.29 Å². The third kappa shape index (κ3) is 3.29. The Labute approximate surface area is 111 Å². The Morgan fingerprint density at radius 1 is 1.32 bits per heavy atom. The van der Waals surface area contributed by atoms with Gasteiger partial charge in [0.1, 0.15) is 6.29 Å². The van der Waals surface area contributed by atoms with E-state index in [1.165, 1.54) is 0 Å². The lowest BCUT2D eigenvalue weighted by Crippen LogP contribution is -2.28. The van der Waals surface area contributed by atoms with E-state index in [9.17, 15) is 26.4 Å². The first-order valence-electron chi connectivity index (χ1n) is 4.46. The first kappa shape index (κ1) is 15.6. The predicted molar refractivity (Wildman–Crippen MR) is 59.0 cm³/mol. The zero-order chi connectivity index (χ0) is 14.8. The molecule has 1 aromatic carbocycles. The van der Waals surface area contributed by atoms with Gasteiger partial charge in [0.2, 0.25) is 5.75 Å². The van der Waals surface area contributed by atoms with Gasteiger partial charge in [-0.05, 0) is 12.1 Å². The number of aldehydes is 1. The fourth-order valence-electron chi connectivity index (χ4n) is 1.05. The maximum absolute atomic E-state index is 12.2. The molecule has 0 unspecified atom stereocenters. The van der Waals surface area contributed by atoms with Crippen LogP contribution in [0.2, 0.25) is 5.02 Å². The normalized spacial score (nSPS) is 12.1. The molecule has 0 heterocycles. The Morgan fingerprint density at radius 2 is 1.89 bits per heavy atom. The van der Waals surface area contributed by atoms with Gasteiger partial charge in [0, 0.05) is 5.56 Å². The summed E-state index contributed by atoms with van der Waals surface area (Å²) in [7, 11) is -4.83. The highest BCUT2D eigenvalue weighted by atomic mass is 35.5. The van der Waals surface area contributed by atoms with Gasteiger partial charge in [0.25, 0.3) is 0 Å². The van der Waals surface area contributed by atoms with Gasteiger partial charge in [-0.25, -0.2) is 0 Å². The largest absolute Gasteiger partial charge is 0.534 e. The number of hydrogen-bond acceptors (Lipinski definition) is 5. The van der Waals surface area contributed by atoms with Crippen molar-refractivity contribution in [3.63, 3.8) is 0 Å². The van der Waals surface area contributed by atoms with Crippen molar-refractivity contribution in [3.8, 4) is 11.5 Å². The molecular weight excluding hydrogens is 313 g/mol. The van der Waals surface area contributed by atoms with Crippen LogP contribution in [0.15, 0.2) is 12.1 Å². The number of alkyl halides is 3. The summed E-state index contributed by atoms with van der Waals surface area (Å²) in [5.74, 6) is -1.26. The van der Waals surface area contributed by atoms with E-state index in [-0.39, 0.29) is 5.56 Å². The van der Waals surface area contributed by atoms with Gasteiger partial charge in [0.15, 0.2) is 5.75 Å². The van der Waals surface area contributed by atoms with Crippen LogP contribution < -0.4 is 8.92 Å². The van der Waals surface area contributed by atoms with Crippen molar-refractivity contribution in [1.82, 2.24) is 0 Å². The molecular formula is C9H6ClF3O5S. The molecule has 0 aliphatic heterocycles. The van der Waals surface area contributed by atoms with E-state index in [1.807, 2.05) is 0 Å². The van der Waals surface area contributed by atoms with Crippen LogP contribution in [0, 0.1) is 0 Å². The number of rotatable bonds is 4. The topological polar surface area (TPSA) is 69.7 Å². The summed E-state index contributed by atoms with van der Waals surface area (Å²) in [6.07, 6.45) is 0.358. The van der Waals surface area contributed by atoms with Crippen LogP contribution in [0.25, 0.3) is 0 Å². The SMILES string of the molecule is COc1cc(C=O)cc(Cl)c1OS(=O)(=O)C(F)(F)F. The van der Waals surface area contributed by atoms with Crippen LogP contribution >= 0.6 is 11.6 Å². The second-order valence-electron chi connectivity index (χ2n) is 3.14. The maximum atomic E-state index is 12.2. The molecule has 0 aliphatic carbocycles. The maximum Gasteiger partial charge on any atom is 0.534 e. The summed E-state index contributed by atoms with van der Waals surface area (Å²) in [6.45, 7) is 0. The third-order valence-corrected chi connectivity index (χ3v) is 3.10. The molecule has 0 spiro atoms. The molecule has 19 heavy (non-hydrogen) atoms. The van der Waals surface area contributed by atoms with E-state index in [0.717, 1.165) is 19.2 Å². The van der Waals surface area contributed by atoms with Crippen molar-refractivity contribution in [1.29, 1.82) is 0 Å². The zero-order valence-corrected chi connectivity index (χ0v) is 10.8. The molecule has 0 saturated carbocycles. The molecule has 1 rings (SSSR count). The third-order valence-electron chi connectivity index (χ3n) is 1.86. The number of halogens is 4. The Hall–Kier alpha value is -1.48. The van der Waals surface area contributed by atoms with Crippen molar-refractivity contribution in [2.45, 2.75) is 5.51 Å². The lowest BCUT2D eigenvalue weighted by Gasteiger charge is -2.13. The van der Waals surface area contributed by atoms with E-state index in [2.05, 4.69) is 8.92 Å². The first-order chi connectivity index (χ1) is 8.62. The van der Waals surface area contributed by atoms with Crippen molar-refractivity contribution in [2.24, 2.45) is 0 Å². The number of carbonyl (C=O) groups excluding carboxylic acids is 1. The molecule has 10 heteroatoms. The van der Waals surface area contributed by atoms with E-state index in [4.69, 9.17) is 11.6 Å². The molecule has 0 amide bonds. The van der Waals surface area contributed by atoms with Gasteiger partial charge in [-0.15, -0.1) is 0 Å². The standard InChI is InChI=1S/C9H6ClF3O5S/c1-17-7-3-5(4-14)2-6(10)8(7)18-19(15,16)9(11,12)13/h2-4H,1H3. The lowest BCUT2D eigenvalue weighted by molar-refractivity contribution is -0.0500. The zero-order valence-electron chi connectivity index (χ0n) is 9.19. The van der Waals surface area contributed by atoms with Gasteiger partial charge < -0.3 is 8.92 Å². The second kappa shape index (κ2) is 5.25. The quantitative estimate of drug-likeness (QED) is 0.484. The van der Waals surface area contributed by atoms with Crippen LogP contribution in [0.3, 0.4) is 0 Å². The van der Waals surface area contributed by atoms with Gasteiger partial charge in [0.05, 0.1) is 12.1 Å². The molecule has 0 fully saturated rings. The average molecular weight is 319 g/mol. The average Bonchev–Trinajstić information content (AvgIpc) is 2.29. The fraction of sp³-hybridized carbons (Fsp3) is 0.222. The molecule has 0 bridgehead atoms. The number of benzene rings is 1. The summed E-state index contributed by atoms with van der Waals surface area (Å²) < 4.78 is 66.8. The number of hydrogen-bond donors (Lipinski definition) is 0. The molecule has 1 aromatic rings. The fourth-order valence-corrected chi connectivity index (χ4v) is 1.83. The Balaban J connectivity index is 3.33. The van der Waals surface area contributed by atoms with Gasteiger partial charge in [-0.3, -0.25) is 4.79 Å². The van der Waals surface area contributed by atoms with Crippen LogP contribution in [-0.4, -0.2) is 27.3 Å². The van der Waals surface area contributed by atoms with Gasteiger partial charge in [-0.1, -0.05) is 11.6 Å². The summed E-state index contributed by atoms with van der Waals surface area (Å²) in [5.41, 5.74) is -5.62. The van der Waals surface area contributed by atoms with E-state index < -0.39 is 32.1 Å². The summed E-state index contributed by atoms with van der Waals surface area (Å²) in [6, 6.07) is 1.93. The molecule has 5 nitrogen and oxygen atoms in total. The van der Waals surface area contributed by atoms with Crippen LogP contribution in [0.4, 0.5) is 13.2 Å². The number of methoxy groups -OCH3 is 1. The Kier molecular flexibility index (Phi) is 4.31. The molecule has 0 aromatic heterocycles. The van der Waals surface area contributed by atoms with E-state index >= 15 is 0 Å². The van der Waals surface area contributed by atoms with Gasteiger partial charge in [-0.2, -0.15) is 21.6 Å². The molecule has 0 saturated heterocycles. The molecule has 0 radical (unpaired) electrons. The van der Waals surface area contributed by atoms with Crippen molar-refractivity contribution in [2.75, 3.05) is 7.11 Å². The molecule has 106 valence electrons. The minimum atomic E-state index is -5.88. The first-order valence-corrected chi connectivity index (χ1v) is 6.24. The highest BCUT2D eigenvalue weighted by molar-refractivity contribution is 7.88. The minimum Gasteiger partial charge on any atom is -0.493 e. The van der Waals surface area contributed by atoms with Crippen molar-refractivity contribution < 1.29 is 35.3 Å². The highest BCUT2D eigenvalue weighted by Gasteiger charge is 2.49. The number of ether oxygens (including phenoxy) is 1. The van der Waals surface area contributed by atoms with Crippen LogP contribution in [-0.2, 0) is 10.1 Å². The lowest BCUT2D eigenvalue weighted by atomic mass is 10.2. The Bertz CT molecular complexity index is 597. The predicted octanol–water partition coefficient (Wildman–Crippen LogP) is 2.39. The van der Waals surface area contributed by atoms with Gasteiger partial charge >= 0.3 is 15.6 Å². The monoisotopic (exact) mass is 318 g/mol. The minimum absolute atomic E-state index is 0.0152. The second-order valence-corrected chi connectivity index (χ2v) is 5.08. The van der Waals surface area contributed by atoms with Crippen LogP contribution in [0.5, 0.6) is 11.5 Å². The highest BCUT2D eigenvalue weighted by Crippen LogP contribution is 2.39. The van der Waals surface area contributed by atoms with Crippen molar-refractivity contribution >= 4 is 28.0 Å². The van der Waals surface area contributed by atoms with E-state index in [1.54, 1.807) is 0 Å². The Morgan fingerprint density at radius 3 is 2.32 bits per heavy atom. The summed E-state index contributed by atoms with van der Waals surface area (Å²) >= 11 is 5.55. The van der Waals surface area contributed by atoms with Crippen LogP contribution in [0.1, 0.15) is 10.4 Å². The van der Waals surface area contributed by atoms with Crippen molar-refractivity contribution in [3.05, 3.63) is 22.7 Å². The summed E-state index contributed by atoms with van der Waals surface area (Å²) in [4.78, 5) is 10.5. The summed E-state index contributed by atoms with van der Waals surface area (Å²) in [5, 5.41) is -0.505. The smallest absolute Gasteiger partial charge is 0.493 e. The number of carbonyl (C=O) groups is 1. The molecule has 0 atom stereocenters. The molecule has 0 aliphatic rings.